The third-order valence-electron chi connectivity index (χ3n) is 2.46. The van der Waals surface area contributed by atoms with E-state index in [2.05, 4.69) is 11.6 Å². The highest BCUT2D eigenvalue weighted by Gasteiger charge is 2.09. The van der Waals surface area contributed by atoms with E-state index < -0.39 is 6.10 Å². The van der Waals surface area contributed by atoms with Crippen LogP contribution in [0.4, 0.5) is 0 Å². The monoisotopic (exact) mass is 226 g/mol. The molecule has 2 aromatic rings. The van der Waals surface area contributed by atoms with E-state index >= 15 is 0 Å². The fourth-order valence-corrected chi connectivity index (χ4v) is 1.59. The van der Waals surface area contributed by atoms with E-state index in [1.54, 1.807) is 17.1 Å². The zero-order valence-corrected chi connectivity index (χ0v) is 9.40. The van der Waals surface area contributed by atoms with Crippen LogP contribution in [0.5, 0.6) is 0 Å². The van der Waals surface area contributed by atoms with Crippen LogP contribution in [0.3, 0.4) is 0 Å². The number of hydrogen-bond donors (Lipinski definition) is 1. The first-order valence-electron chi connectivity index (χ1n) is 5.36. The number of imidazole rings is 1. The average molecular weight is 226 g/mol. The number of nitrogens with zero attached hydrogens (tertiary/aromatic N) is 2. The topological polar surface area (TPSA) is 38.0 Å². The molecule has 2 rings (SSSR count). The van der Waals surface area contributed by atoms with Gasteiger partial charge in [0, 0.05) is 24.2 Å². The summed E-state index contributed by atoms with van der Waals surface area (Å²) in [4.78, 5) is 3.96. The summed E-state index contributed by atoms with van der Waals surface area (Å²) in [5.41, 5.74) is 1.76. The molecule has 0 saturated heterocycles. The number of aromatic nitrogens is 2. The lowest BCUT2D eigenvalue weighted by atomic mass is 10.0. The molecule has 1 aromatic heterocycles. The van der Waals surface area contributed by atoms with Crippen molar-refractivity contribution in [2.24, 2.45) is 0 Å². The third-order valence-corrected chi connectivity index (χ3v) is 2.46. The predicted molar refractivity (Wildman–Crippen MR) is 69.0 cm³/mol. The maximum Gasteiger partial charge on any atom is 0.0989 e. The maximum absolute atomic E-state index is 9.95. The van der Waals surface area contributed by atoms with Crippen molar-refractivity contribution in [1.29, 1.82) is 0 Å². The molecule has 0 aliphatic rings. The Morgan fingerprint density at radius 1 is 1.35 bits per heavy atom. The zero-order chi connectivity index (χ0) is 12.1. The second-order valence-electron chi connectivity index (χ2n) is 3.64. The van der Waals surface area contributed by atoms with Crippen molar-refractivity contribution in [3.05, 3.63) is 67.3 Å². The van der Waals surface area contributed by atoms with E-state index in [9.17, 15) is 5.11 Å². The van der Waals surface area contributed by atoms with Gasteiger partial charge in [-0.2, -0.15) is 0 Å². The molecule has 0 aliphatic heterocycles. The lowest BCUT2D eigenvalue weighted by Crippen LogP contribution is -2.06. The van der Waals surface area contributed by atoms with Gasteiger partial charge in [0.1, 0.15) is 0 Å². The van der Waals surface area contributed by atoms with E-state index in [0.29, 0.717) is 0 Å². The molecule has 0 fully saturated rings. The van der Waals surface area contributed by atoms with Gasteiger partial charge in [-0.3, -0.25) is 0 Å². The SMILES string of the molecule is C=CC(O)C(=Cn1ccnc1)c1ccccc1. The Labute approximate surface area is 100 Å². The minimum absolute atomic E-state index is 0.695. The summed E-state index contributed by atoms with van der Waals surface area (Å²) in [6.45, 7) is 3.62. The third kappa shape index (κ3) is 2.71. The molecule has 0 spiro atoms. The van der Waals surface area contributed by atoms with Gasteiger partial charge in [0.2, 0.25) is 0 Å². The number of aliphatic hydroxyl groups is 1. The first kappa shape index (κ1) is 11.4. The Kier molecular flexibility index (Phi) is 3.52. The van der Waals surface area contributed by atoms with Crippen LogP contribution in [0.25, 0.3) is 11.8 Å². The first-order valence-corrected chi connectivity index (χ1v) is 5.36. The van der Waals surface area contributed by atoms with Gasteiger partial charge in [-0.15, -0.1) is 6.58 Å². The Hall–Kier alpha value is -2.13. The predicted octanol–water partition coefficient (Wildman–Crippen LogP) is 2.43. The minimum Gasteiger partial charge on any atom is -0.384 e. The molecule has 1 heterocycles. The summed E-state index contributed by atoms with van der Waals surface area (Å²) in [6.07, 6.45) is 7.85. The normalized spacial score (nSPS) is 13.4. The van der Waals surface area contributed by atoms with Crippen LogP contribution in [-0.2, 0) is 0 Å². The Bertz CT molecular complexity index is 500. The molecular weight excluding hydrogens is 212 g/mol. The summed E-state index contributed by atoms with van der Waals surface area (Å²) in [5.74, 6) is 0. The standard InChI is InChI=1S/C14H14N2O/c1-2-14(17)13(10-16-9-8-15-11-16)12-6-4-3-5-7-12/h2-11,14,17H,1H2. The summed E-state index contributed by atoms with van der Waals surface area (Å²) < 4.78 is 1.80. The molecule has 1 atom stereocenters. The van der Waals surface area contributed by atoms with Crippen molar-refractivity contribution < 1.29 is 5.11 Å². The molecule has 3 nitrogen and oxygen atoms in total. The van der Waals surface area contributed by atoms with Crippen LogP contribution in [0, 0.1) is 0 Å². The fraction of sp³-hybridized carbons (Fsp3) is 0.0714. The average Bonchev–Trinajstić information content (AvgIpc) is 2.89. The van der Waals surface area contributed by atoms with Crippen LogP contribution in [-0.4, -0.2) is 20.8 Å². The smallest absolute Gasteiger partial charge is 0.0989 e. The van der Waals surface area contributed by atoms with Crippen LogP contribution in [0.2, 0.25) is 0 Å². The largest absolute Gasteiger partial charge is 0.384 e. The van der Waals surface area contributed by atoms with Gasteiger partial charge < -0.3 is 9.67 Å². The molecule has 1 aromatic carbocycles. The second kappa shape index (κ2) is 5.27. The fourth-order valence-electron chi connectivity index (χ4n) is 1.59. The minimum atomic E-state index is -0.695. The highest BCUT2D eigenvalue weighted by molar-refractivity contribution is 5.79. The van der Waals surface area contributed by atoms with Crippen molar-refractivity contribution >= 4 is 11.8 Å². The molecule has 0 aliphatic carbocycles. The van der Waals surface area contributed by atoms with E-state index in [0.717, 1.165) is 11.1 Å². The molecule has 3 heteroatoms. The summed E-state index contributed by atoms with van der Waals surface area (Å²) in [5, 5.41) is 9.95. The summed E-state index contributed by atoms with van der Waals surface area (Å²) >= 11 is 0. The Morgan fingerprint density at radius 3 is 2.71 bits per heavy atom. The number of aliphatic hydroxyl groups excluding tert-OH is 1. The van der Waals surface area contributed by atoms with E-state index in [1.165, 1.54) is 6.08 Å². The number of benzene rings is 1. The van der Waals surface area contributed by atoms with Gasteiger partial charge in [-0.05, 0) is 5.56 Å². The molecule has 0 amide bonds. The molecule has 0 bridgehead atoms. The van der Waals surface area contributed by atoms with Gasteiger partial charge in [0.15, 0.2) is 0 Å². The van der Waals surface area contributed by atoms with Gasteiger partial charge in [0.05, 0.1) is 12.4 Å². The molecule has 1 N–H and O–H groups in total. The van der Waals surface area contributed by atoms with Crippen LogP contribution >= 0.6 is 0 Å². The van der Waals surface area contributed by atoms with Crippen LogP contribution in [0.15, 0.2) is 61.7 Å². The van der Waals surface area contributed by atoms with Gasteiger partial charge >= 0.3 is 0 Å². The Balaban J connectivity index is 2.42. The number of hydrogen-bond acceptors (Lipinski definition) is 2. The van der Waals surface area contributed by atoms with E-state index in [4.69, 9.17) is 0 Å². The summed E-state index contributed by atoms with van der Waals surface area (Å²) in [7, 11) is 0. The molecular formula is C14H14N2O. The van der Waals surface area contributed by atoms with Gasteiger partial charge in [-0.25, -0.2) is 4.98 Å². The lowest BCUT2D eigenvalue weighted by molar-refractivity contribution is 0.281. The van der Waals surface area contributed by atoms with E-state index in [1.807, 2.05) is 42.7 Å². The zero-order valence-electron chi connectivity index (χ0n) is 9.40. The van der Waals surface area contributed by atoms with Crippen LogP contribution in [0.1, 0.15) is 5.56 Å². The first-order chi connectivity index (χ1) is 8.31. The van der Waals surface area contributed by atoms with E-state index in [-0.39, 0.29) is 0 Å². The molecule has 1 unspecified atom stereocenters. The highest BCUT2D eigenvalue weighted by atomic mass is 16.3. The quantitative estimate of drug-likeness (QED) is 0.813. The van der Waals surface area contributed by atoms with Gasteiger partial charge in [-0.1, -0.05) is 36.4 Å². The highest BCUT2D eigenvalue weighted by Crippen LogP contribution is 2.19. The Morgan fingerprint density at radius 2 is 2.12 bits per heavy atom. The van der Waals surface area contributed by atoms with Crippen LogP contribution < -0.4 is 0 Å². The molecule has 86 valence electrons. The molecule has 0 radical (unpaired) electrons. The second-order valence-corrected chi connectivity index (χ2v) is 3.64. The van der Waals surface area contributed by atoms with Crippen molar-refractivity contribution in [1.82, 2.24) is 9.55 Å². The van der Waals surface area contributed by atoms with Crippen molar-refractivity contribution in [3.63, 3.8) is 0 Å². The van der Waals surface area contributed by atoms with Crippen molar-refractivity contribution in [2.75, 3.05) is 0 Å². The summed E-state index contributed by atoms with van der Waals surface area (Å²) in [6, 6.07) is 9.73. The molecule has 0 saturated carbocycles. The maximum atomic E-state index is 9.95. The van der Waals surface area contributed by atoms with Crippen molar-refractivity contribution in [2.45, 2.75) is 6.10 Å². The molecule has 17 heavy (non-hydrogen) atoms. The van der Waals surface area contributed by atoms with Crippen molar-refractivity contribution in [3.8, 4) is 0 Å². The van der Waals surface area contributed by atoms with Gasteiger partial charge in [0.25, 0.3) is 0 Å². The number of rotatable bonds is 4. The lowest BCUT2D eigenvalue weighted by Gasteiger charge is -2.11.